The lowest BCUT2D eigenvalue weighted by atomic mass is 10.4. The van der Waals surface area contributed by atoms with Gasteiger partial charge in [-0.15, -0.1) is 0 Å². The highest BCUT2D eigenvalue weighted by atomic mass is 32.1. The highest BCUT2D eigenvalue weighted by Crippen LogP contribution is 1.94. The van der Waals surface area contributed by atoms with Crippen LogP contribution in [0.2, 0.25) is 0 Å². The zero-order valence-corrected chi connectivity index (χ0v) is 9.91. The van der Waals surface area contributed by atoms with Gasteiger partial charge in [-0.3, -0.25) is 9.58 Å². The van der Waals surface area contributed by atoms with Crippen LogP contribution >= 0.6 is 12.2 Å². The Kier molecular flexibility index (Phi) is 5.28. The third-order valence-electron chi connectivity index (χ3n) is 2.12. The molecule has 4 nitrogen and oxygen atoms in total. The van der Waals surface area contributed by atoms with Crippen molar-refractivity contribution in [1.82, 2.24) is 14.7 Å². The van der Waals surface area contributed by atoms with Gasteiger partial charge in [-0.25, -0.2) is 0 Å². The van der Waals surface area contributed by atoms with Gasteiger partial charge in [0.15, 0.2) is 0 Å². The van der Waals surface area contributed by atoms with Crippen LogP contribution in [0.25, 0.3) is 0 Å². The molecule has 0 bridgehead atoms. The van der Waals surface area contributed by atoms with Gasteiger partial charge in [-0.2, -0.15) is 5.10 Å². The molecule has 0 unspecified atom stereocenters. The van der Waals surface area contributed by atoms with Crippen molar-refractivity contribution in [2.45, 2.75) is 19.9 Å². The number of aromatic nitrogens is 2. The average Bonchev–Trinajstić information content (AvgIpc) is 2.66. The molecular weight excluding hydrogens is 208 g/mol. The van der Waals surface area contributed by atoms with Crippen molar-refractivity contribution in [1.29, 1.82) is 0 Å². The zero-order chi connectivity index (χ0) is 11.1. The van der Waals surface area contributed by atoms with E-state index in [0.29, 0.717) is 11.5 Å². The van der Waals surface area contributed by atoms with Crippen molar-refractivity contribution >= 4 is 17.2 Å². The average molecular weight is 226 g/mol. The Hall–Kier alpha value is -0.940. The molecule has 84 valence electrons. The molecular formula is C10H18N4S. The molecule has 0 aliphatic rings. The van der Waals surface area contributed by atoms with E-state index >= 15 is 0 Å². The first-order valence-corrected chi connectivity index (χ1v) is 5.61. The normalized spacial score (nSPS) is 10.8. The topological polar surface area (TPSA) is 47.1 Å². The van der Waals surface area contributed by atoms with Gasteiger partial charge in [0.25, 0.3) is 0 Å². The summed E-state index contributed by atoms with van der Waals surface area (Å²) in [4.78, 5) is 2.81. The fraction of sp³-hybridized carbons (Fsp3) is 0.600. The Bertz CT molecular complexity index is 284. The zero-order valence-electron chi connectivity index (χ0n) is 9.09. The molecule has 0 atom stereocenters. The molecule has 0 aromatic carbocycles. The predicted octanol–water partition coefficient (Wildman–Crippen LogP) is 0.881. The predicted molar refractivity (Wildman–Crippen MR) is 65.7 cm³/mol. The van der Waals surface area contributed by atoms with E-state index in [4.69, 9.17) is 18.0 Å². The molecule has 5 heteroatoms. The van der Waals surface area contributed by atoms with Crippen molar-refractivity contribution in [3.63, 3.8) is 0 Å². The first kappa shape index (κ1) is 12.1. The number of hydrogen-bond donors (Lipinski definition) is 1. The summed E-state index contributed by atoms with van der Waals surface area (Å²) in [5, 5.41) is 4.15. The lowest BCUT2D eigenvalue weighted by molar-refractivity contribution is 0.293. The second-order valence-electron chi connectivity index (χ2n) is 3.51. The van der Waals surface area contributed by atoms with E-state index in [1.165, 1.54) is 0 Å². The molecule has 0 amide bonds. The molecule has 1 rings (SSSR count). The largest absolute Gasteiger partial charge is 0.392 e. The maximum atomic E-state index is 5.54. The van der Waals surface area contributed by atoms with Gasteiger partial charge >= 0.3 is 0 Å². The molecule has 0 radical (unpaired) electrons. The minimum Gasteiger partial charge on any atom is -0.392 e. The lowest BCUT2D eigenvalue weighted by Gasteiger charge is -2.20. The molecule has 15 heavy (non-hydrogen) atoms. The van der Waals surface area contributed by atoms with Gasteiger partial charge in [0, 0.05) is 25.5 Å². The molecule has 2 N–H and O–H groups in total. The third-order valence-corrected chi connectivity index (χ3v) is 2.25. The summed E-state index contributed by atoms with van der Waals surface area (Å²) in [7, 11) is 0. The van der Waals surface area contributed by atoms with E-state index in [-0.39, 0.29) is 0 Å². The number of hydrogen-bond acceptors (Lipinski definition) is 3. The van der Waals surface area contributed by atoms with E-state index in [0.717, 1.165) is 26.1 Å². The summed E-state index contributed by atoms with van der Waals surface area (Å²) in [6.07, 6.45) is 4.87. The van der Waals surface area contributed by atoms with Crippen LogP contribution in [0.3, 0.4) is 0 Å². The fourth-order valence-electron chi connectivity index (χ4n) is 1.48. The van der Waals surface area contributed by atoms with Crippen LogP contribution < -0.4 is 5.73 Å². The van der Waals surface area contributed by atoms with Gasteiger partial charge in [0.1, 0.15) is 0 Å². The van der Waals surface area contributed by atoms with Crippen LogP contribution in [0.1, 0.15) is 13.3 Å². The minimum absolute atomic E-state index is 0.559. The molecule has 0 spiro atoms. The van der Waals surface area contributed by atoms with Gasteiger partial charge in [0.2, 0.25) is 0 Å². The van der Waals surface area contributed by atoms with Crippen LogP contribution in [-0.2, 0) is 6.54 Å². The standard InChI is InChI=1S/C10H18N4S/c1-2-5-13(9-10(11)15)7-8-14-6-3-4-12-14/h3-4,6H,2,5,7-9H2,1H3,(H2,11,15). The summed E-state index contributed by atoms with van der Waals surface area (Å²) in [6.45, 7) is 5.70. The Morgan fingerprint density at radius 1 is 1.53 bits per heavy atom. The van der Waals surface area contributed by atoms with Crippen molar-refractivity contribution in [2.75, 3.05) is 19.6 Å². The smallest absolute Gasteiger partial charge is 0.0870 e. The molecule has 0 aliphatic carbocycles. The molecule has 0 fully saturated rings. The van der Waals surface area contributed by atoms with E-state index in [2.05, 4.69) is 16.9 Å². The fourth-order valence-corrected chi connectivity index (χ4v) is 1.67. The summed E-state index contributed by atoms with van der Waals surface area (Å²) in [6, 6.07) is 1.93. The number of rotatable bonds is 7. The van der Waals surface area contributed by atoms with Gasteiger partial charge in [0.05, 0.1) is 11.5 Å². The summed E-state index contributed by atoms with van der Waals surface area (Å²) in [5.74, 6) is 0. The van der Waals surface area contributed by atoms with Crippen molar-refractivity contribution in [2.24, 2.45) is 5.73 Å². The van der Waals surface area contributed by atoms with Crippen LogP contribution in [0.15, 0.2) is 18.5 Å². The van der Waals surface area contributed by atoms with Crippen LogP contribution in [-0.4, -0.2) is 39.3 Å². The highest BCUT2D eigenvalue weighted by molar-refractivity contribution is 7.80. The first-order valence-electron chi connectivity index (χ1n) is 5.20. The molecule has 1 heterocycles. The quantitative estimate of drug-likeness (QED) is 0.701. The summed E-state index contributed by atoms with van der Waals surface area (Å²) in [5.41, 5.74) is 5.54. The van der Waals surface area contributed by atoms with Crippen molar-refractivity contribution in [3.8, 4) is 0 Å². The number of thiocarbonyl (C=S) groups is 1. The Morgan fingerprint density at radius 3 is 2.87 bits per heavy atom. The van der Waals surface area contributed by atoms with E-state index in [9.17, 15) is 0 Å². The molecule has 0 saturated heterocycles. The Morgan fingerprint density at radius 2 is 2.33 bits per heavy atom. The maximum Gasteiger partial charge on any atom is 0.0870 e. The van der Waals surface area contributed by atoms with Crippen molar-refractivity contribution < 1.29 is 0 Å². The van der Waals surface area contributed by atoms with E-state index in [1.807, 2.05) is 16.9 Å². The van der Waals surface area contributed by atoms with E-state index in [1.54, 1.807) is 6.20 Å². The molecule has 0 aliphatic heterocycles. The van der Waals surface area contributed by atoms with Gasteiger partial charge in [-0.05, 0) is 19.0 Å². The minimum atomic E-state index is 0.559. The lowest BCUT2D eigenvalue weighted by Crippen LogP contribution is -2.35. The Labute approximate surface area is 96.1 Å². The molecule has 0 saturated carbocycles. The van der Waals surface area contributed by atoms with Crippen LogP contribution in [0.5, 0.6) is 0 Å². The number of nitrogens with two attached hydrogens (primary N) is 1. The van der Waals surface area contributed by atoms with Crippen LogP contribution in [0, 0.1) is 0 Å². The van der Waals surface area contributed by atoms with Crippen molar-refractivity contribution in [3.05, 3.63) is 18.5 Å². The van der Waals surface area contributed by atoms with Crippen LogP contribution in [0.4, 0.5) is 0 Å². The molecule has 1 aromatic heterocycles. The SMILES string of the molecule is CCCN(CCn1cccn1)CC(N)=S. The summed E-state index contributed by atoms with van der Waals surface area (Å²) < 4.78 is 1.92. The molecule has 1 aromatic rings. The highest BCUT2D eigenvalue weighted by Gasteiger charge is 2.04. The monoisotopic (exact) mass is 226 g/mol. The second-order valence-corrected chi connectivity index (χ2v) is 4.04. The maximum absolute atomic E-state index is 5.54. The Balaban J connectivity index is 2.34. The van der Waals surface area contributed by atoms with E-state index < -0.39 is 0 Å². The van der Waals surface area contributed by atoms with Gasteiger partial charge < -0.3 is 5.73 Å². The first-order chi connectivity index (χ1) is 7.22. The van der Waals surface area contributed by atoms with Gasteiger partial charge in [-0.1, -0.05) is 19.1 Å². The second kappa shape index (κ2) is 6.53. The number of nitrogens with zero attached hydrogens (tertiary/aromatic N) is 3. The third kappa shape index (κ3) is 4.90. The summed E-state index contributed by atoms with van der Waals surface area (Å²) >= 11 is 4.91.